The van der Waals surface area contributed by atoms with Gasteiger partial charge >= 0.3 is 5.97 Å². The van der Waals surface area contributed by atoms with E-state index < -0.39 is 18.1 Å². The highest BCUT2D eigenvalue weighted by Crippen LogP contribution is 2.17. The zero-order valence-corrected chi connectivity index (χ0v) is 9.03. The lowest BCUT2D eigenvalue weighted by atomic mass is 10.0. The topological polar surface area (TPSA) is 75.3 Å². The monoisotopic (exact) mass is 228 g/mol. The molecule has 0 heterocycles. The number of halogens is 1. The van der Waals surface area contributed by atoms with Crippen molar-refractivity contribution in [1.29, 1.82) is 0 Å². The molecule has 0 radical (unpaired) electrons. The predicted molar refractivity (Wildman–Crippen MR) is 58.9 cm³/mol. The van der Waals surface area contributed by atoms with Gasteiger partial charge in [0.25, 0.3) is 0 Å². The van der Waals surface area contributed by atoms with E-state index in [1.54, 1.807) is 31.3 Å². The lowest BCUT2D eigenvalue weighted by Gasteiger charge is -2.19. The number of likely N-dealkylation sites (N-methyl/N-ethyl adjacent to an activating group) is 1. The summed E-state index contributed by atoms with van der Waals surface area (Å²) < 4.78 is 0. The molecule has 0 aliphatic heterocycles. The molecule has 82 valence electrons. The van der Waals surface area contributed by atoms with Crippen LogP contribution in [-0.2, 0) is 4.79 Å². The summed E-state index contributed by atoms with van der Waals surface area (Å²) in [4.78, 5) is 10.8. The maximum Gasteiger partial charge on any atom is 0.322 e. The Morgan fingerprint density at radius 3 is 2.40 bits per heavy atom. The summed E-state index contributed by atoms with van der Waals surface area (Å²) in [5.41, 5.74) is 6.55. The first-order chi connectivity index (χ1) is 7.06. The van der Waals surface area contributed by atoms with Crippen molar-refractivity contribution in [1.82, 2.24) is 5.32 Å². The standard InChI is InChI=1S/C10H13ClN2O2/c1-13-9(10(14)15)8(12)6-2-4-7(11)5-3-6/h2-5,8-9,13H,12H2,1H3,(H,14,15). The normalized spacial score (nSPS) is 14.6. The molecule has 0 aliphatic carbocycles. The summed E-state index contributed by atoms with van der Waals surface area (Å²) >= 11 is 5.72. The van der Waals surface area contributed by atoms with Crippen LogP contribution in [0.2, 0.25) is 5.02 Å². The largest absolute Gasteiger partial charge is 0.480 e. The van der Waals surface area contributed by atoms with Crippen molar-refractivity contribution in [3.05, 3.63) is 34.9 Å². The number of nitrogens with one attached hydrogen (secondary N) is 1. The van der Waals surface area contributed by atoms with Crippen molar-refractivity contribution in [2.75, 3.05) is 7.05 Å². The molecule has 0 bridgehead atoms. The Bertz CT molecular complexity index is 340. The first-order valence-electron chi connectivity index (χ1n) is 4.47. The van der Waals surface area contributed by atoms with Gasteiger partial charge in [-0.25, -0.2) is 0 Å². The first kappa shape index (κ1) is 12.0. The highest BCUT2D eigenvalue weighted by molar-refractivity contribution is 6.30. The molecular formula is C10H13ClN2O2. The van der Waals surface area contributed by atoms with Crippen LogP contribution in [-0.4, -0.2) is 24.2 Å². The second-order valence-electron chi connectivity index (χ2n) is 3.18. The van der Waals surface area contributed by atoms with Gasteiger partial charge in [0.2, 0.25) is 0 Å². The van der Waals surface area contributed by atoms with Crippen molar-refractivity contribution in [3.8, 4) is 0 Å². The Hall–Kier alpha value is -1.10. The van der Waals surface area contributed by atoms with E-state index in [0.717, 1.165) is 5.56 Å². The molecule has 0 saturated heterocycles. The predicted octanol–water partition coefficient (Wildman–Crippen LogP) is 1.01. The summed E-state index contributed by atoms with van der Waals surface area (Å²) in [6, 6.07) is 5.42. The van der Waals surface area contributed by atoms with Crippen LogP contribution in [0.5, 0.6) is 0 Å². The minimum atomic E-state index is -0.972. The Morgan fingerprint density at radius 2 is 2.00 bits per heavy atom. The van der Waals surface area contributed by atoms with Crippen LogP contribution in [0.1, 0.15) is 11.6 Å². The third kappa shape index (κ3) is 2.92. The quantitative estimate of drug-likeness (QED) is 0.719. The van der Waals surface area contributed by atoms with E-state index in [0.29, 0.717) is 5.02 Å². The molecular weight excluding hydrogens is 216 g/mol. The Kier molecular flexibility index (Phi) is 4.08. The number of hydrogen-bond donors (Lipinski definition) is 3. The van der Waals surface area contributed by atoms with Gasteiger partial charge < -0.3 is 16.2 Å². The number of hydrogen-bond acceptors (Lipinski definition) is 3. The van der Waals surface area contributed by atoms with Crippen molar-refractivity contribution in [3.63, 3.8) is 0 Å². The molecule has 0 aromatic heterocycles. The molecule has 1 aromatic rings. The average molecular weight is 229 g/mol. The number of nitrogens with two attached hydrogens (primary N) is 1. The van der Waals surface area contributed by atoms with Crippen LogP contribution >= 0.6 is 11.6 Å². The molecule has 4 nitrogen and oxygen atoms in total. The van der Waals surface area contributed by atoms with Gasteiger partial charge in [0.05, 0.1) is 6.04 Å². The van der Waals surface area contributed by atoms with E-state index in [9.17, 15) is 4.79 Å². The van der Waals surface area contributed by atoms with E-state index in [1.807, 2.05) is 0 Å². The van der Waals surface area contributed by atoms with E-state index in [1.165, 1.54) is 0 Å². The molecule has 5 heteroatoms. The number of carboxylic acids is 1. The summed E-state index contributed by atoms with van der Waals surface area (Å²) in [5.74, 6) is -0.972. The van der Waals surface area contributed by atoms with Gasteiger partial charge in [0.1, 0.15) is 6.04 Å². The molecule has 0 fully saturated rings. The minimum absolute atomic E-state index is 0.593. The maximum atomic E-state index is 10.8. The average Bonchev–Trinajstić information content (AvgIpc) is 2.19. The second kappa shape index (κ2) is 5.11. The maximum absolute atomic E-state index is 10.8. The second-order valence-corrected chi connectivity index (χ2v) is 3.62. The lowest BCUT2D eigenvalue weighted by Crippen LogP contribution is -2.43. The van der Waals surface area contributed by atoms with Crippen LogP contribution in [0, 0.1) is 0 Å². The molecule has 0 amide bonds. The summed E-state index contributed by atoms with van der Waals surface area (Å²) in [6.07, 6.45) is 0. The van der Waals surface area contributed by atoms with Gasteiger partial charge in [-0.05, 0) is 24.7 Å². The zero-order chi connectivity index (χ0) is 11.4. The fourth-order valence-corrected chi connectivity index (χ4v) is 1.46. The van der Waals surface area contributed by atoms with Crippen molar-refractivity contribution in [2.24, 2.45) is 5.73 Å². The van der Waals surface area contributed by atoms with Gasteiger partial charge in [-0.2, -0.15) is 0 Å². The fraction of sp³-hybridized carbons (Fsp3) is 0.300. The molecule has 4 N–H and O–H groups in total. The number of rotatable bonds is 4. The summed E-state index contributed by atoms with van der Waals surface area (Å²) in [7, 11) is 1.56. The van der Waals surface area contributed by atoms with Gasteiger partial charge in [0.15, 0.2) is 0 Å². The first-order valence-corrected chi connectivity index (χ1v) is 4.85. The third-order valence-corrected chi connectivity index (χ3v) is 2.44. The molecule has 1 aromatic carbocycles. The third-order valence-electron chi connectivity index (χ3n) is 2.19. The Morgan fingerprint density at radius 1 is 1.47 bits per heavy atom. The summed E-state index contributed by atoms with van der Waals surface area (Å²) in [6.45, 7) is 0. The molecule has 1 rings (SSSR count). The Balaban J connectivity index is 2.87. The van der Waals surface area contributed by atoms with Crippen LogP contribution in [0.3, 0.4) is 0 Å². The SMILES string of the molecule is CNC(C(=O)O)C(N)c1ccc(Cl)cc1. The number of carboxylic acid groups (broad SMARTS) is 1. The summed E-state index contributed by atoms with van der Waals surface area (Å²) in [5, 5.41) is 12.1. The van der Waals surface area contributed by atoms with Crippen LogP contribution in [0.4, 0.5) is 0 Å². The van der Waals surface area contributed by atoms with Crippen LogP contribution < -0.4 is 11.1 Å². The van der Waals surface area contributed by atoms with Gasteiger partial charge in [-0.3, -0.25) is 4.79 Å². The van der Waals surface area contributed by atoms with Crippen molar-refractivity contribution in [2.45, 2.75) is 12.1 Å². The zero-order valence-electron chi connectivity index (χ0n) is 8.27. The molecule has 2 atom stereocenters. The number of benzene rings is 1. The van der Waals surface area contributed by atoms with E-state index >= 15 is 0 Å². The minimum Gasteiger partial charge on any atom is -0.480 e. The molecule has 0 saturated carbocycles. The van der Waals surface area contributed by atoms with Crippen LogP contribution in [0.25, 0.3) is 0 Å². The fourth-order valence-electron chi connectivity index (χ4n) is 1.33. The van der Waals surface area contributed by atoms with Crippen molar-refractivity contribution >= 4 is 17.6 Å². The van der Waals surface area contributed by atoms with Gasteiger partial charge in [-0.15, -0.1) is 0 Å². The number of aliphatic carboxylic acids is 1. The molecule has 2 unspecified atom stereocenters. The lowest BCUT2D eigenvalue weighted by molar-refractivity contribution is -0.139. The van der Waals surface area contributed by atoms with Crippen LogP contribution in [0.15, 0.2) is 24.3 Å². The molecule has 0 spiro atoms. The van der Waals surface area contributed by atoms with Crippen molar-refractivity contribution < 1.29 is 9.90 Å². The van der Waals surface area contributed by atoms with Gasteiger partial charge in [-0.1, -0.05) is 23.7 Å². The molecule has 15 heavy (non-hydrogen) atoms. The van der Waals surface area contributed by atoms with E-state index in [4.69, 9.17) is 22.4 Å². The Labute approximate surface area is 93.0 Å². The highest BCUT2D eigenvalue weighted by Gasteiger charge is 2.24. The highest BCUT2D eigenvalue weighted by atomic mass is 35.5. The van der Waals surface area contributed by atoms with Gasteiger partial charge in [0, 0.05) is 5.02 Å². The smallest absolute Gasteiger partial charge is 0.322 e. The van der Waals surface area contributed by atoms with E-state index in [-0.39, 0.29) is 0 Å². The molecule has 0 aliphatic rings. The van der Waals surface area contributed by atoms with E-state index in [2.05, 4.69) is 5.32 Å². The number of carbonyl (C=O) groups is 1.